The number of urea groups is 1. The van der Waals surface area contributed by atoms with Crippen LogP contribution in [0.5, 0.6) is 0 Å². The Kier molecular flexibility index (Phi) is 4.48. The summed E-state index contributed by atoms with van der Waals surface area (Å²) >= 11 is 0. The van der Waals surface area contributed by atoms with Crippen LogP contribution in [0.1, 0.15) is 24.2 Å². The molecule has 0 bridgehead atoms. The average molecular weight is 374 g/mol. The fourth-order valence-corrected chi connectivity index (χ4v) is 5.40. The predicted octanol–water partition coefficient (Wildman–Crippen LogP) is 2.59. The number of carbonyl (C=O) groups excluding carboxylic acids is 1. The first kappa shape index (κ1) is 17.1. The molecule has 1 N–H and O–H groups in total. The Labute approximate surface area is 153 Å². The summed E-state index contributed by atoms with van der Waals surface area (Å²) in [7, 11) is -3.04. The van der Waals surface area contributed by atoms with E-state index in [0.29, 0.717) is 25.9 Å². The number of rotatable bonds is 3. The van der Waals surface area contributed by atoms with Crippen molar-refractivity contribution in [2.24, 2.45) is 0 Å². The summed E-state index contributed by atoms with van der Waals surface area (Å²) in [6, 6.07) is 11.7. The molecule has 1 aromatic carbocycles. The van der Waals surface area contributed by atoms with Crippen molar-refractivity contribution in [1.82, 2.24) is 10.2 Å². The molecule has 6 nitrogen and oxygen atoms in total. The Balaban J connectivity index is 1.40. The van der Waals surface area contributed by atoms with Crippen LogP contribution in [-0.2, 0) is 22.8 Å². The van der Waals surface area contributed by atoms with E-state index in [1.165, 1.54) is 0 Å². The van der Waals surface area contributed by atoms with E-state index in [1.54, 1.807) is 4.90 Å². The van der Waals surface area contributed by atoms with Crippen molar-refractivity contribution in [2.45, 2.75) is 31.1 Å². The zero-order valence-electron chi connectivity index (χ0n) is 14.5. The molecule has 2 aromatic rings. The Hall–Kier alpha value is -2.28. The van der Waals surface area contributed by atoms with Crippen LogP contribution in [0, 0.1) is 0 Å². The molecule has 3 heterocycles. The van der Waals surface area contributed by atoms with Crippen molar-refractivity contribution >= 4 is 15.9 Å². The van der Waals surface area contributed by atoms with E-state index in [4.69, 9.17) is 4.42 Å². The number of amides is 2. The number of furan rings is 1. The van der Waals surface area contributed by atoms with Gasteiger partial charge in [-0.3, -0.25) is 0 Å². The van der Waals surface area contributed by atoms with Crippen LogP contribution < -0.4 is 5.32 Å². The number of nitrogens with zero attached hydrogens (tertiary/aromatic N) is 1. The van der Waals surface area contributed by atoms with Crippen LogP contribution in [0.25, 0.3) is 11.3 Å². The van der Waals surface area contributed by atoms with Gasteiger partial charge < -0.3 is 14.6 Å². The van der Waals surface area contributed by atoms with Crippen molar-refractivity contribution in [2.75, 3.05) is 18.8 Å². The van der Waals surface area contributed by atoms with Crippen molar-refractivity contribution in [3.63, 3.8) is 0 Å². The molecule has 0 radical (unpaired) electrons. The molecule has 0 saturated carbocycles. The van der Waals surface area contributed by atoms with Crippen molar-refractivity contribution in [3.8, 4) is 11.3 Å². The quantitative estimate of drug-likeness (QED) is 0.896. The lowest BCUT2D eigenvalue weighted by Crippen LogP contribution is -2.45. The molecule has 2 amide bonds. The van der Waals surface area contributed by atoms with Gasteiger partial charge in [0.2, 0.25) is 0 Å². The highest BCUT2D eigenvalue weighted by molar-refractivity contribution is 7.92. The average Bonchev–Trinajstić information content (AvgIpc) is 3.22. The lowest BCUT2D eigenvalue weighted by molar-refractivity contribution is 0.186. The van der Waals surface area contributed by atoms with E-state index in [-0.39, 0.29) is 18.3 Å². The third kappa shape index (κ3) is 3.35. The Bertz CT molecular complexity index is 905. The topological polar surface area (TPSA) is 79.6 Å². The maximum atomic E-state index is 12.4. The van der Waals surface area contributed by atoms with Crippen LogP contribution >= 0.6 is 0 Å². The van der Waals surface area contributed by atoms with Gasteiger partial charge in [0, 0.05) is 18.7 Å². The van der Waals surface area contributed by atoms with E-state index < -0.39 is 15.1 Å². The fraction of sp³-hybridized carbons (Fsp3) is 0.421. The van der Waals surface area contributed by atoms with Gasteiger partial charge in [0.1, 0.15) is 11.5 Å². The Morgan fingerprint density at radius 1 is 1.27 bits per heavy atom. The molecule has 138 valence electrons. The number of benzene rings is 1. The van der Waals surface area contributed by atoms with Crippen LogP contribution in [0.4, 0.5) is 4.79 Å². The first-order chi connectivity index (χ1) is 12.5. The third-order valence-electron chi connectivity index (χ3n) is 5.17. The lowest BCUT2D eigenvalue weighted by Gasteiger charge is -2.26. The minimum absolute atomic E-state index is 0.192. The number of nitrogens with one attached hydrogen (secondary N) is 1. The molecule has 0 aliphatic carbocycles. The number of sulfone groups is 1. The van der Waals surface area contributed by atoms with E-state index in [2.05, 4.69) is 5.32 Å². The molecule has 1 saturated heterocycles. The van der Waals surface area contributed by atoms with Gasteiger partial charge in [-0.1, -0.05) is 30.3 Å². The summed E-state index contributed by atoms with van der Waals surface area (Å²) in [6.45, 7) is 1.20. The lowest BCUT2D eigenvalue weighted by atomic mass is 10.1. The summed E-state index contributed by atoms with van der Waals surface area (Å²) in [5.41, 5.74) is 2.15. The van der Waals surface area contributed by atoms with Crippen molar-refractivity contribution in [1.29, 1.82) is 0 Å². The molecule has 0 unspecified atom stereocenters. The largest absolute Gasteiger partial charge is 0.459 e. The highest BCUT2D eigenvalue weighted by atomic mass is 32.2. The zero-order chi connectivity index (χ0) is 18.1. The van der Waals surface area contributed by atoms with Gasteiger partial charge in [-0.15, -0.1) is 0 Å². The maximum absolute atomic E-state index is 12.4. The van der Waals surface area contributed by atoms with Crippen LogP contribution in [-0.4, -0.2) is 43.4 Å². The van der Waals surface area contributed by atoms with Gasteiger partial charge in [-0.05, 0) is 30.9 Å². The zero-order valence-corrected chi connectivity index (χ0v) is 15.3. The van der Waals surface area contributed by atoms with E-state index in [0.717, 1.165) is 29.1 Å². The van der Waals surface area contributed by atoms with Crippen molar-refractivity contribution in [3.05, 3.63) is 47.7 Å². The molecule has 2 aliphatic heterocycles. The molecule has 1 aromatic heterocycles. The highest BCUT2D eigenvalue weighted by Gasteiger charge is 2.32. The van der Waals surface area contributed by atoms with Crippen LogP contribution in [0.3, 0.4) is 0 Å². The normalized spacial score (nSPS) is 21.4. The number of carbonyl (C=O) groups is 1. The monoisotopic (exact) mass is 374 g/mol. The second-order valence-corrected chi connectivity index (χ2v) is 9.31. The molecular formula is C19H22N2O4S. The van der Waals surface area contributed by atoms with Gasteiger partial charge >= 0.3 is 6.03 Å². The smallest absolute Gasteiger partial charge is 0.317 e. The molecule has 1 atom stereocenters. The minimum Gasteiger partial charge on any atom is -0.459 e. The maximum Gasteiger partial charge on any atom is 0.317 e. The summed E-state index contributed by atoms with van der Waals surface area (Å²) in [5.74, 6) is 1.85. The molecule has 4 rings (SSSR count). The SMILES string of the molecule is O=C(NC[C@H]1CCCS1(=O)=O)N1CCc2cc(-c3ccccc3)oc2C1. The number of hydrogen-bond donors (Lipinski definition) is 1. The summed E-state index contributed by atoms with van der Waals surface area (Å²) in [6.07, 6.45) is 2.05. The van der Waals surface area contributed by atoms with E-state index >= 15 is 0 Å². The van der Waals surface area contributed by atoms with E-state index in [1.807, 2.05) is 36.4 Å². The molecule has 7 heteroatoms. The summed E-state index contributed by atoms with van der Waals surface area (Å²) in [5, 5.41) is 2.34. The van der Waals surface area contributed by atoms with Crippen LogP contribution in [0.2, 0.25) is 0 Å². The standard InChI is InChI=1S/C19H22N2O4S/c22-19(20-12-16-7-4-10-26(16,23)24)21-9-8-15-11-17(25-18(15)13-21)14-5-2-1-3-6-14/h1-3,5-6,11,16H,4,7-10,12-13H2,(H,20,22)/t16-/m1/s1. The molecule has 26 heavy (non-hydrogen) atoms. The Morgan fingerprint density at radius 3 is 2.81 bits per heavy atom. The first-order valence-electron chi connectivity index (χ1n) is 8.94. The predicted molar refractivity (Wildman–Crippen MR) is 98.5 cm³/mol. The highest BCUT2D eigenvalue weighted by Crippen LogP contribution is 2.29. The molecular weight excluding hydrogens is 352 g/mol. The number of fused-ring (bicyclic) bond motifs is 1. The summed E-state index contributed by atoms with van der Waals surface area (Å²) < 4.78 is 29.7. The van der Waals surface area contributed by atoms with E-state index in [9.17, 15) is 13.2 Å². The second kappa shape index (κ2) is 6.79. The third-order valence-corrected chi connectivity index (χ3v) is 7.45. The summed E-state index contributed by atoms with van der Waals surface area (Å²) in [4.78, 5) is 14.1. The molecule has 0 spiro atoms. The fourth-order valence-electron chi connectivity index (χ4n) is 3.64. The molecule has 2 aliphatic rings. The van der Waals surface area contributed by atoms with Gasteiger partial charge in [-0.25, -0.2) is 13.2 Å². The van der Waals surface area contributed by atoms with Gasteiger partial charge in [0.15, 0.2) is 9.84 Å². The van der Waals surface area contributed by atoms with Crippen LogP contribution in [0.15, 0.2) is 40.8 Å². The van der Waals surface area contributed by atoms with Gasteiger partial charge in [0.25, 0.3) is 0 Å². The second-order valence-electron chi connectivity index (χ2n) is 6.91. The minimum atomic E-state index is -3.04. The van der Waals surface area contributed by atoms with Crippen molar-refractivity contribution < 1.29 is 17.6 Å². The van der Waals surface area contributed by atoms with Gasteiger partial charge in [0.05, 0.1) is 17.5 Å². The number of hydrogen-bond acceptors (Lipinski definition) is 4. The Morgan fingerprint density at radius 2 is 2.08 bits per heavy atom. The molecule has 1 fully saturated rings. The van der Waals surface area contributed by atoms with Gasteiger partial charge in [-0.2, -0.15) is 0 Å². The first-order valence-corrected chi connectivity index (χ1v) is 10.7.